The fourth-order valence-corrected chi connectivity index (χ4v) is 6.32. The molecule has 5 nitrogen and oxygen atoms in total. The third-order valence-corrected chi connectivity index (χ3v) is 7.64. The number of aryl methyl sites for hydroxylation is 4. The molecule has 2 aliphatic rings. The van der Waals surface area contributed by atoms with Gasteiger partial charge < -0.3 is 10.0 Å². The fourth-order valence-electron chi connectivity index (χ4n) is 6.32. The zero-order valence-corrected chi connectivity index (χ0v) is 19.7. The number of aliphatic hydroxyl groups is 1. The monoisotopic (exact) mass is 416 g/mol. The highest BCUT2D eigenvalue weighted by Crippen LogP contribution is 2.44. The Bertz CT molecular complexity index is 1150. The molecular formula is C25H33BN4O. The van der Waals surface area contributed by atoms with Crippen LogP contribution in [-0.2, 0) is 0 Å². The maximum absolute atomic E-state index is 9.76. The Hall–Kier alpha value is -2.34. The van der Waals surface area contributed by atoms with Crippen molar-refractivity contribution in [3.05, 3.63) is 40.3 Å². The highest BCUT2D eigenvalue weighted by atomic mass is 16.3. The van der Waals surface area contributed by atoms with Gasteiger partial charge in [0.1, 0.15) is 19.5 Å². The van der Waals surface area contributed by atoms with Crippen LogP contribution in [0.5, 0.6) is 0 Å². The van der Waals surface area contributed by atoms with Gasteiger partial charge in [-0.2, -0.15) is 0 Å². The van der Waals surface area contributed by atoms with Gasteiger partial charge in [0, 0.05) is 24.4 Å². The van der Waals surface area contributed by atoms with Gasteiger partial charge in [-0.3, -0.25) is 4.57 Å². The van der Waals surface area contributed by atoms with Crippen LogP contribution in [0.15, 0.2) is 12.1 Å². The van der Waals surface area contributed by atoms with E-state index in [0.29, 0.717) is 24.6 Å². The molecule has 31 heavy (non-hydrogen) atoms. The highest BCUT2D eigenvalue weighted by molar-refractivity contribution is 6.32. The molecular weight excluding hydrogens is 383 g/mol. The Kier molecular flexibility index (Phi) is 4.89. The molecule has 2 aromatic heterocycles. The van der Waals surface area contributed by atoms with Crippen LogP contribution in [0, 0.1) is 40.5 Å². The fraction of sp³-hybridized carbons (Fsp3) is 0.520. The summed E-state index contributed by atoms with van der Waals surface area (Å²) in [5.74, 6) is 2.36. The molecule has 2 saturated heterocycles. The van der Waals surface area contributed by atoms with E-state index >= 15 is 0 Å². The van der Waals surface area contributed by atoms with E-state index in [1.807, 2.05) is 6.92 Å². The topological polar surface area (TPSA) is 54.2 Å². The zero-order chi connectivity index (χ0) is 22.0. The zero-order valence-electron chi connectivity index (χ0n) is 19.7. The van der Waals surface area contributed by atoms with E-state index in [2.05, 4.69) is 57.1 Å². The van der Waals surface area contributed by atoms with Crippen LogP contribution >= 0.6 is 0 Å². The third kappa shape index (κ3) is 3.10. The number of aromatic nitrogens is 3. The minimum absolute atomic E-state index is 0.305. The number of rotatable bonds is 3. The van der Waals surface area contributed by atoms with E-state index in [1.165, 1.54) is 51.8 Å². The Labute approximate surface area is 185 Å². The standard InChI is InChI=1S/C25H33BN4O/c1-13-8-19(26)9-14(2)23(13)29-16(4)15(3)22-24(29)27-17(5)28-25(22)30-20-6-7-21(30)11-18(10-20)12-31/h8-9,18,20-21,31H,6-7,10-12,26H2,1-5H3. The van der Waals surface area contributed by atoms with E-state index < -0.39 is 0 Å². The molecule has 0 amide bonds. The molecule has 2 unspecified atom stereocenters. The molecule has 162 valence electrons. The molecule has 0 spiro atoms. The first-order chi connectivity index (χ1) is 14.8. The van der Waals surface area contributed by atoms with Gasteiger partial charge in [-0.25, -0.2) is 9.97 Å². The SMILES string of the molecule is Bc1cc(C)c(-n2c(C)c(C)c3c(N4C5CCC4CC(CO)C5)nc(C)nc32)c(C)c1. The van der Waals surface area contributed by atoms with Crippen molar-refractivity contribution in [2.24, 2.45) is 5.92 Å². The summed E-state index contributed by atoms with van der Waals surface area (Å²) in [6, 6.07) is 5.47. The number of piperidine rings is 1. The van der Waals surface area contributed by atoms with Crippen molar-refractivity contribution in [2.45, 2.75) is 72.4 Å². The van der Waals surface area contributed by atoms with Gasteiger partial charge in [0.25, 0.3) is 0 Å². The second kappa shape index (κ2) is 7.37. The lowest BCUT2D eigenvalue weighted by molar-refractivity contribution is 0.185. The minimum atomic E-state index is 0.305. The Balaban J connectivity index is 1.75. The maximum Gasteiger partial charge on any atom is 0.150 e. The predicted octanol–water partition coefficient (Wildman–Crippen LogP) is 2.96. The summed E-state index contributed by atoms with van der Waals surface area (Å²) in [5, 5.41) is 11.0. The molecule has 2 bridgehead atoms. The van der Waals surface area contributed by atoms with Crippen molar-refractivity contribution in [1.82, 2.24) is 14.5 Å². The molecule has 2 aliphatic heterocycles. The van der Waals surface area contributed by atoms with Gasteiger partial charge in [0.2, 0.25) is 0 Å². The van der Waals surface area contributed by atoms with Crippen LogP contribution in [-0.4, -0.2) is 46.2 Å². The molecule has 2 atom stereocenters. The summed E-state index contributed by atoms with van der Waals surface area (Å²) < 4.78 is 2.36. The number of anilines is 1. The summed E-state index contributed by atoms with van der Waals surface area (Å²) in [7, 11) is 2.16. The van der Waals surface area contributed by atoms with Crippen molar-refractivity contribution in [1.29, 1.82) is 0 Å². The van der Waals surface area contributed by atoms with Crippen molar-refractivity contribution in [3.8, 4) is 5.69 Å². The number of nitrogens with zero attached hydrogens (tertiary/aromatic N) is 4. The van der Waals surface area contributed by atoms with Crippen molar-refractivity contribution in [2.75, 3.05) is 11.5 Å². The van der Waals surface area contributed by atoms with E-state index in [4.69, 9.17) is 9.97 Å². The second-order valence-corrected chi connectivity index (χ2v) is 9.90. The van der Waals surface area contributed by atoms with Gasteiger partial charge in [0.15, 0.2) is 5.65 Å². The van der Waals surface area contributed by atoms with Crippen LogP contribution in [0.4, 0.5) is 5.82 Å². The lowest BCUT2D eigenvalue weighted by Crippen LogP contribution is -2.44. The minimum Gasteiger partial charge on any atom is -0.396 e. The molecule has 0 saturated carbocycles. The van der Waals surface area contributed by atoms with E-state index in [1.54, 1.807) is 0 Å². The Morgan fingerprint density at radius 2 is 1.61 bits per heavy atom. The van der Waals surface area contributed by atoms with Crippen LogP contribution in [0.25, 0.3) is 16.7 Å². The Morgan fingerprint density at radius 1 is 1.00 bits per heavy atom. The lowest BCUT2D eigenvalue weighted by Gasteiger charge is -2.39. The summed E-state index contributed by atoms with van der Waals surface area (Å²) >= 11 is 0. The first-order valence-corrected chi connectivity index (χ1v) is 11.6. The van der Waals surface area contributed by atoms with Gasteiger partial charge in [-0.1, -0.05) is 17.6 Å². The average Bonchev–Trinajstić information content (AvgIpc) is 3.11. The van der Waals surface area contributed by atoms with E-state index in [0.717, 1.165) is 30.1 Å². The summed E-state index contributed by atoms with van der Waals surface area (Å²) in [6.07, 6.45) is 4.51. The Morgan fingerprint density at radius 3 is 2.19 bits per heavy atom. The van der Waals surface area contributed by atoms with E-state index in [9.17, 15) is 5.11 Å². The lowest BCUT2D eigenvalue weighted by atomic mass is 9.91. The van der Waals surface area contributed by atoms with Crippen LogP contribution in [0.3, 0.4) is 0 Å². The first-order valence-electron chi connectivity index (χ1n) is 11.6. The second-order valence-electron chi connectivity index (χ2n) is 9.90. The molecule has 6 heteroatoms. The number of hydrogen-bond donors (Lipinski definition) is 1. The first kappa shape index (κ1) is 20.6. The molecule has 0 aliphatic carbocycles. The van der Waals surface area contributed by atoms with Crippen molar-refractivity contribution >= 4 is 30.2 Å². The van der Waals surface area contributed by atoms with Crippen molar-refractivity contribution < 1.29 is 5.11 Å². The summed E-state index contributed by atoms with van der Waals surface area (Å²) in [4.78, 5) is 12.6. The van der Waals surface area contributed by atoms with Gasteiger partial charge in [-0.05, 0) is 82.9 Å². The molecule has 0 radical (unpaired) electrons. The molecule has 2 fully saturated rings. The molecule has 3 aromatic rings. The van der Waals surface area contributed by atoms with Gasteiger partial charge in [-0.15, -0.1) is 0 Å². The molecule has 5 rings (SSSR count). The van der Waals surface area contributed by atoms with Crippen molar-refractivity contribution in [3.63, 3.8) is 0 Å². The predicted molar refractivity (Wildman–Crippen MR) is 130 cm³/mol. The van der Waals surface area contributed by atoms with Crippen LogP contribution < -0.4 is 10.4 Å². The maximum atomic E-state index is 9.76. The molecule has 1 N–H and O–H groups in total. The van der Waals surface area contributed by atoms with Crippen LogP contribution in [0.1, 0.15) is 53.9 Å². The summed E-state index contributed by atoms with van der Waals surface area (Å²) in [5.41, 5.74) is 8.62. The number of hydrogen-bond acceptors (Lipinski definition) is 4. The quantitative estimate of drug-likeness (QED) is 0.668. The third-order valence-electron chi connectivity index (χ3n) is 7.64. The highest BCUT2D eigenvalue weighted by Gasteiger charge is 2.42. The summed E-state index contributed by atoms with van der Waals surface area (Å²) in [6.45, 7) is 11.1. The smallest absolute Gasteiger partial charge is 0.150 e. The van der Waals surface area contributed by atoms with Gasteiger partial charge in [0.05, 0.1) is 11.1 Å². The molecule has 4 heterocycles. The van der Waals surface area contributed by atoms with Crippen LogP contribution in [0.2, 0.25) is 0 Å². The largest absolute Gasteiger partial charge is 0.396 e. The van der Waals surface area contributed by atoms with Gasteiger partial charge >= 0.3 is 0 Å². The number of fused-ring (bicyclic) bond motifs is 3. The van der Waals surface area contributed by atoms with E-state index in [-0.39, 0.29) is 0 Å². The normalized spacial score (nSPS) is 23.2. The number of aliphatic hydroxyl groups excluding tert-OH is 1. The number of benzene rings is 1. The average molecular weight is 416 g/mol. The molecule has 1 aromatic carbocycles.